The number of nitrogens with two attached hydrogens (primary N) is 2. The molecular weight excluding hydrogens is 1030 g/mol. The summed E-state index contributed by atoms with van der Waals surface area (Å²) in [5.74, 6) is -8.06. The van der Waals surface area contributed by atoms with Gasteiger partial charge < -0.3 is 46.6 Å². The maximum atomic E-state index is 14.3. The molecule has 0 radical (unpaired) electrons. The number of benzene rings is 1. The van der Waals surface area contributed by atoms with Crippen molar-refractivity contribution >= 4 is 71.7 Å². The van der Waals surface area contributed by atoms with E-state index >= 15 is 0 Å². The molecule has 10 N–H and O–H groups in total. The zero-order valence-corrected chi connectivity index (χ0v) is 40.9. The maximum Gasteiger partial charge on any atom is 0.490 e. The van der Waals surface area contributed by atoms with Crippen LogP contribution in [0, 0.1) is 5.41 Å². The third kappa shape index (κ3) is 20.3. The number of hydrogen-bond acceptors (Lipinski definition) is 11. The van der Waals surface area contributed by atoms with E-state index in [4.69, 9.17) is 74.5 Å². The highest BCUT2D eigenvalue weighted by Crippen LogP contribution is 2.39. The number of nitrogens with zero attached hydrogens (tertiary/aromatic N) is 3. The van der Waals surface area contributed by atoms with Crippen molar-refractivity contribution in [1.82, 2.24) is 24.7 Å². The van der Waals surface area contributed by atoms with E-state index in [2.05, 4.69) is 38.7 Å². The fraction of sp³-hybridized carbons (Fsp3) is 0.524. The predicted molar refractivity (Wildman–Crippen MR) is 246 cm³/mol. The number of rotatable bonds is 16. The van der Waals surface area contributed by atoms with Crippen molar-refractivity contribution in [2.75, 3.05) is 39.3 Å². The van der Waals surface area contributed by atoms with Crippen LogP contribution in [-0.4, -0.2) is 141 Å². The lowest BCUT2D eigenvalue weighted by atomic mass is 9.88. The van der Waals surface area contributed by atoms with Gasteiger partial charge in [0.25, 0.3) is 0 Å². The fourth-order valence-electron chi connectivity index (χ4n) is 6.75. The van der Waals surface area contributed by atoms with Crippen LogP contribution in [0.3, 0.4) is 0 Å². The number of nitrogens with one attached hydrogen (secondary N) is 3. The summed E-state index contributed by atoms with van der Waals surface area (Å²) in [6, 6.07) is 3.18. The number of thiol groups is 1. The Morgan fingerprint density at radius 3 is 1.79 bits per heavy atom. The van der Waals surface area contributed by atoms with Crippen molar-refractivity contribution in [3.63, 3.8) is 0 Å². The van der Waals surface area contributed by atoms with Gasteiger partial charge in [-0.1, -0.05) is 73.2 Å². The monoisotopic (exact) mass is 1090 g/mol. The molecule has 400 valence electrons. The van der Waals surface area contributed by atoms with E-state index in [0.29, 0.717) is 40.0 Å². The molecule has 0 saturated carbocycles. The SMILES string of the molecule is CC1=CC=C2C=CC=C(OCc3c(Cl)ccc(CC(C)(NS)C(N)=O)c3Cl)C2N1C(C)(C)C(=O)N1CCN(CCCCCCNC(=N)N)CC1.O=C(O)C(F)(F)F.O=C(O)C(F)(F)F.O=C(O)C(F)(F)F. The number of primary amides is 1. The van der Waals surface area contributed by atoms with Gasteiger partial charge >= 0.3 is 36.4 Å². The first-order valence-corrected chi connectivity index (χ1v) is 22.1. The molecule has 2 atom stereocenters. The Morgan fingerprint density at radius 1 is 0.817 bits per heavy atom. The molecule has 17 nitrogen and oxygen atoms in total. The second-order valence-corrected chi connectivity index (χ2v) is 17.3. The zero-order chi connectivity index (χ0) is 54.9. The van der Waals surface area contributed by atoms with Crippen LogP contribution in [0.2, 0.25) is 10.0 Å². The van der Waals surface area contributed by atoms with Gasteiger partial charge in [0.2, 0.25) is 11.8 Å². The Morgan fingerprint density at radius 2 is 1.32 bits per heavy atom. The van der Waals surface area contributed by atoms with Crippen LogP contribution in [0.15, 0.2) is 59.5 Å². The summed E-state index contributed by atoms with van der Waals surface area (Å²) >= 11 is 17.6. The van der Waals surface area contributed by atoms with E-state index in [0.717, 1.165) is 63.1 Å². The third-order valence-electron chi connectivity index (χ3n) is 10.5. The van der Waals surface area contributed by atoms with Gasteiger partial charge in [0, 0.05) is 55.4 Å². The van der Waals surface area contributed by atoms with Crippen molar-refractivity contribution in [2.45, 2.75) is 102 Å². The minimum atomic E-state index is -5.08. The first-order valence-electron chi connectivity index (χ1n) is 20.9. The molecule has 29 heteroatoms. The quantitative estimate of drug-likeness (QED) is 0.0279. The standard InChI is InChI=1S/C36H52Cl2N8O3S.3C2HF3O2/c1-24-12-13-25-10-9-11-29(49-23-27-28(37)15-14-26(30(27)38)22-36(4,43-50)32(39)47)31(25)46(24)35(2,3)33(48)45-20-18-44(19-21-45)17-8-6-5-7-16-42-34(40)41;3*3-2(4,5)1(6)7/h9-15,31,43,50H,5-8,16-23H2,1-4H3,(H2,39,47)(H4,40,41,42);3*(H,6,7). The van der Waals surface area contributed by atoms with Crippen LogP contribution >= 0.6 is 36.0 Å². The lowest BCUT2D eigenvalue weighted by Crippen LogP contribution is -2.62. The molecule has 0 bridgehead atoms. The van der Waals surface area contributed by atoms with Crippen LogP contribution in [0.1, 0.15) is 64.5 Å². The van der Waals surface area contributed by atoms with Crippen LogP contribution in [-0.2, 0) is 41.7 Å². The molecule has 1 saturated heterocycles. The van der Waals surface area contributed by atoms with Crippen molar-refractivity contribution in [1.29, 1.82) is 5.41 Å². The molecule has 2 amide bonds. The number of alkyl halides is 9. The number of ether oxygens (including phenoxy) is 1. The molecule has 3 aliphatic rings. The van der Waals surface area contributed by atoms with Crippen LogP contribution in [0.5, 0.6) is 0 Å². The zero-order valence-electron chi connectivity index (χ0n) is 38.5. The van der Waals surface area contributed by atoms with Gasteiger partial charge in [0.1, 0.15) is 29.5 Å². The molecule has 2 heterocycles. The normalized spacial score (nSPS) is 16.8. The van der Waals surface area contributed by atoms with Gasteiger partial charge in [-0.05, 0) is 76.4 Å². The third-order valence-corrected chi connectivity index (χ3v) is 11.8. The number of piperazine rings is 1. The molecular formula is C42H55Cl2F9N8O9S. The predicted octanol–water partition coefficient (Wildman–Crippen LogP) is 6.57. The molecule has 71 heavy (non-hydrogen) atoms. The average Bonchev–Trinajstić information content (AvgIpc) is 3.26. The molecule has 1 aliphatic carbocycles. The Balaban J connectivity index is 0.000000996. The summed E-state index contributed by atoms with van der Waals surface area (Å²) in [7, 11) is 0. The number of carbonyl (C=O) groups excluding carboxylic acids is 2. The second kappa shape index (κ2) is 27.4. The van der Waals surface area contributed by atoms with Gasteiger partial charge in [-0.2, -0.15) is 39.5 Å². The van der Waals surface area contributed by atoms with Gasteiger partial charge in [-0.15, -0.1) is 0 Å². The Kier molecular flexibility index (Phi) is 24.6. The van der Waals surface area contributed by atoms with Crippen molar-refractivity contribution in [3.05, 3.63) is 80.7 Å². The smallest absolute Gasteiger partial charge is 0.490 e. The van der Waals surface area contributed by atoms with Gasteiger partial charge in [0.05, 0.1) is 5.02 Å². The number of guanidine groups is 1. The summed E-state index contributed by atoms with van der Waals surface area (Å²) in [4.78, 5) is 59.7. The van der Waals surface area contributed by atoms with E-state index in [-0.39, 0.29) is 30.9 Å². The van der Waals surface area contributed by atoms with Crippen molar-refractivity contribution < 1.29 is 83.5 Å². The molecule has 0 spiro atoms. The van der Waals surface area contributed by atoms with Gasteiger partial charge in [-0.3, -0.25) is 24.6 Å². The topological polar surface area (TPSA) is 265 Å². The van der Waals surface area contributed by atoms with E-state index in [1.165, 1.54) is 0 Å². The number of aliphatic carboxylic acids is 3. The molecule has 1 fully saturated rings. The highest BCUT2D eigenvalue weighted by molar-refractivity contribution is 7.78. The number of carboxylic acids is 3. The first kappa shape index (κ1) is 63.6. The number of fused-ring (bicyclic) bond motifs is 1. The molecule has 2 unspecified atom stereocenters. The number of carboxylic acid groups (broad SMARTS) is 3. The minimum Gasteiger partial charge on any atom is -0.491 e. The van der Waals surface area contributed by atoms with E-state index < -0.39 is 53.4 Å². The second-order valence-electron chi connectivity index (χ2n) is 16.3. The van der Waals surface area contributed by atoms with Crippen LogP contribution < -0.4 is 21.5 Å². The summed E-state index contributed by atoms with van der Waals surface area (Å²) in [5.41, 5.74) is 12.2. The lowest BCUT2D eigenvalue weighted by Gasteiger charge is -2.49. The number of unbranched alkanes of at least 4 members (excludes halogenated alkanes) is 3. The number of carbonyl (C=O) groups is 5. The highest BCUT2D eigenvalue weighted by atomic mass is 35.5. The van der Waals surface area contributed by atoms with Crippen LogP contribution in [0.25, 0.3) is 0 Å². The fourth-order valence-corrected chi connectivity index (χ4v) is 7.49. The number of halogens is 11. The summed E-state index contributed by atoms with van der Waals surface area (Å²) in [5, 5.41) is 32.3. The molecule has 1 aromatic rings. The van der Waals surface area contributed by atoms with Gasteiger partial charge in [-0.25, -0.2) is 14.4 Å². The van der Waals surface area contributed by atoms with E-state index in [9.17, 15) is 49.1 Å². The highest BCUT2D eigenvalue weighted by Gasteiger charge is 2.46. The Labute approximate surface area is 417 Å². The molecule has 0 aromatic heterocycles. The lowest BCUT2D eigenvalue weighted by molar-refractivity contribution is -0.193. The number of amides is 2. The maximum absolute atomic E-state index is 14.3. The summed E-state index contributed by atoms with van der Waals surface area (Å²) < 4.78 is 104. The average molecular weight is 1090 g/mol. The number of hydrogen-bond donors (Lipinski definition) is 9. The van der Waals surface area contributed by atoms with Crippen LogP contribution in [0.4, 0.5) is 39.5 Å². The van der Waals surface area contributed by atoms with Crippen molar-refractivity contribution in [2.24, 2.45) is 11.5 Å². The summed E-state index contributed by atoms with van der Waals surface area (Å²) in [6.07, 6.45) is -0.688. The van der Waals surface area contributed by atoms with Crippen molar-refractivity contribution in [3.8, 4) is 0 Å². The number of allylic oxidation sites excluding steroid dienone is 5. The summed E-state index contributed by atoms with van der Waals surface area (Å²) in [6.45, 7) is 12.5. The first-order chi connectivity index (χ1) is 32.5. The molecule has 4 rings (SSSR count). The molecule has 2 aliphatic heterocycles. The Hall–Kier alpha value is -5.38. The Bertz CT molecular complexity index is 2130. The molecule has 1 aromatic carbocycles. The van der Waals surface area contributed by atoms with E-state index in [1.54, 1.807) is 19.1 Å². The largest absolute Gasteiger partial charge is 0.491 e. The van der Waals surface area contributed by atoms with E-state index in [1.807, 2.05) is 50.0 Å². The van der Waals surface area contributed by atoms with Gasteiger partial charge in [0.15, 0.2) is 5.96 Å². The minimum absolute atomic E-state index is 0.0219.